The molecule has 1 aliphatic carbocycles. The van der Waals surface area contributed by atoms with Crippen molar-refractivity contribution in [1.82, 2.24) is 4.98 Å². The zero-order chi connectivity index (χ0) is 16.1. The maximum absolute atomic E-state index is 10.8. The van der Waals surface area contributed by atoms with Gasteiger partial charge in [0.05, 0.1) is 10.6 Å². The van der Waals surface area contributed by atoms with E-state index in [4.69, 9.17) is 4.98 Å². The molecule has 0 radical (unpaired) electrons. The van der Waals surface area contributed by atoms with Crippen molar-refractivity contribution in [2.24, 2.45) is 0 Å². The van der Waals surface area contributed by atoms with E-state index in [1.807, 2.05) is 18.2 Å². The fourth-order valence-electron chi connectivity index (χ4n) is 3.05. The highest BCUT2D eigenvalue weighted by Crippen LogP contribution is 2.32. The molecule has 0 aliphatic heterocycles. The smallest absolute Gasteiger partial charge is 0.258 e. The summed E-state index contributed by atoms with van der Waals surface area (Å²) in [4.78, 5) is 15.2. The molecular formula is C18H20N2O2S. The highest BCUT2D eigenvalue weighted by Gasteiger charge is 2.16. The Morgan fingerprint density at radius 3 is 2.70 bits per heavy atom. The minimum absolute atomic E-state index is 0.116. The number of benzene rings is 1. The van der Waals surface area contributed by atoms with Crippen LogP contribution in [0.15, 0.2) is 29.6 Å². The Bertz CT molecular complexity index is 701. The van der Waals surface area contributed by atoms with Crippen LogP contribution in [0.1, 0.15) is 60.7 Å². The molecule has 3 rings (SSSR count). The minimum Gasteiger partial charge on any atom is -0.258 e. The molecule has 0 unspecified atom stereocenters. The molecule has 0 saturated heterocycles. The molecular weight excluding hydrogens is 308 g/mol. The predicted molar refractivity (Wildman–Crippen MR) is 94.6 cm³/mol. The Morgan fingerprint density at radius 1 is 1.17 bits per heavy atom. The van der Waals surface area contributed by atoms with Crippen molar-refractivity contribution in [3.8, 4) is 0 Å². The number of nitrogens with zero attached hydrogens (tertiary/aromatic N) is 2. The zero-order valence-electron chi connectivity index (χ0n) is 13.0. The molecule has 1 aromatic carbocycles. The lowest BCUT2D eigenvalue weighted by Gasteiger charge is -2.09. The van der Waals surface area contributed by atoms with Crippen molar-refractivity contribution in [1.29, 1.82) is 0 Å². The van der Waals surface area contributed by atoms with Crippen LogP contribution in [-0.4, -0.2) is 9.91 Å². The number of rotatable bonds is 4. The maximum Gasteiger partial charge on any atom is 0.270 e. The van der Waals surface area contributed by atoms with Crippen LogP contribution < -0.4 is 0 Å². The number of nitro benzene ring substituents is 1. The van der Waals surface area contributed by atoms with Gasteiger partial charge in [-0.1, -0.05) is 43.9 Å². The Morgan fingerprint density at radius 2 is 1.96 bits per heavy atom. The van der Waals surface area contributed by atoms with E-state index in [9.17, 15) is 10.1 Å². The van der Waals surface area contributed by atoms with Crippen LogP contribution in [0.3, 0.4) is 0 Å². The quantitative estimate of drug-likeness (QED) is 0.413. The number of nitro groups is 1. The molecule has 0 N–H and O–H groups in total. The summed E-state index contributed by atoms with van der Waals surface area (Å²) >= 11 is 1.65. The summed E-state index contributed by atoms with van der Waals surface area (Å²) in [6, 6.07) is 6.65. The SMILES string of the molecule is O=[N+]([O-])c1cccc(/C=C/c2nc(C3CCCCCC3)cs2)c1. The summed E-state index contributed by atoms with van der Waals surface area (Å²) in [6.07, 6.45) is 11.6. The lowest BCUT2D eigenvalue weighted by atomic mass is 9.98. The standard InChI is InChI=1S/C18H20N2O2S/c21-20(22)16-9-5-6-14(12-16)10-11-18-19-17(13-23-18)15-7-3-1-2-4-8-15/h5-6,9-13,15H,1-4,7-8H2/b11-10+. The summed E-state index contributed by atoms with van der Waals surface area (Å²) in [5.74, 6) is 0.605. The normalized spacial score (nSPS) is 16.5. The molecule has 0 bridgehead atoms. The van der Waals surface area contributed by atoms with Gasteiger partial charge in [-0.2, -0.15) is 0 Å². The monoisotopic (exact) mass is 328 g/mol. The van der Waals surface area contributed by atoms with Gasteiger partial charge in [-0.15, -0.1) is 11.3 Å². The molecule has 1 aromatic heterocycles. The van der Waals surface area contributed by atoms with Crippen molar-refractivity contribution in [2.45, 2.75) is 44.4 Å². The molecule has 0 atom stereocenters. The van der Waals surface area contributed by atoms with E-state index in [-0.39, 0.29) is 10.6 Å². The second-order valence-electron chi connectivity index (χ2n) is 5.98. The van der Waals surface area contributed by atoms with Gasteiger partial charge in [0, 0.05) is 23.4 Å². The van der Waals surface area contributed by atoms with Gasteiger partial charge in [0.25, 0.3) is 5.69 Å². The molecule has 120 valence electrons. The van der Waals surface area contributed by atoms with Gasteiger partial charge in [-0.3, -0.25) is 10.1 Å². The number of non-ortho nitro benzene ring substituents is 1. The largest absolute Gasteiger partial charge is 0.270 e. The van der Waals surface area contributed by atoms with Crippen LogP contribution in [0.2, 0.25) is 0 Å². The Labute approximate surface area is 140 Å². The third-order valence-electron chi connectivity index (χ3n) is 4.31. The van der Waals surface area contributed by atoms with Gasteiger partial charge in [0.2, 0.25) is 0 Å². The first-order valence-electron chi connectivity index (χ1n) is 8.10. The van der Waals surface area contributed by atoms with Crippen molar-refractivity contribution < 1.29 is 4.92 Å². The first-order valence-corrected chi connectivity index (χ1v) is 8.98. The first kappa shape index (κ1) is 15.9. The summed E-state index contributed by atoms with van der Waals surface area (Å²) in [6.45, 7) is 0. The van der Waals surface area contributed by atoms with E-state index in [0.29, 0.717) is 5.92 Å². The summed E-state index contributed by atoms with van der Waals surface area (Å²) in [5, 5.41) is 13.9. The van der Waals surface area contributed by atoms with Crippen LogP contribution >= 0.6 is 11.3 Å². The predicted octanol–water partition coefficient (Wildman–Crippen LogP) is 5.66. The van der Waals surface area contributed by atoms with E-state index in [1.54, 1.807) is 23.5 Å². The van der Waals surface area contributed by atoms with Gasteiger partial charge in [0.1, 0.15) is 5.01 Å². The fraction of sp³-hybridized carbons (Fsp3) is 0.389. The van der Waals surface area contributed by atoms with Gasteiger partial charge < -0.3 is 0 Å². The number of hydrogen-bond donors (Lipinski definition) is 0. The molecule has 23 heavy (non-hydrogen) atoms. The summed E-state index contributed by atoms with van der Waals surface area (Å²) < 4.78 is 0. The lowest BCUT2D eigenvalue weighted by Crippen LogP contribution is -1.97. The van der Waals surface area contributed by atoms with E-state index < -0.39 is 0 Å². The third-order valence-corrected chi connectivity index (χ3v) is 5.14. The van der Waals surface area contributed by atoms with Crippen molar-refractivity contribution >= 4 is 29.2 Å². The Kier molecular flexibility index (Phi) is 5.18. The summed E-state index contributed by atoms with van der Waals surface area (Å²) in [5.41, 5.74) is 2.16. The van der Waals surface area contributed by atoms with Crippen molar-refractivity contribution in [2.75, 3.05) is 0 Å². The van der Waals surface area contributed by atoms with E-state index in [1.165, 1.54) is 50.3 Å². The molecule has 4 nitrogen and oxygen atoms in total. The van der Waals surface area contributed by atoms with Gasteiger partial charge in [0.15, 0.2) is 0 Å². The van der Waals surface area contributed by atoms with Crippen LogP contribution in [0.4, 0.5) is 5.69 Å². The van der Waals surface area contributed by atoms with Crippen LogP contribution in [-0.2, 0) is 0 Å². The number of hydrogen-bond acceptors (Lipinski definition) is 4. The summed E-state index contributed by atoms with van der Waals surface area (Å²) in [7, 11) is 0. The highest BCUT2D eigenvalue weighted by atomic mass is 32.1. The van der Waals surface area contributed by atoms with E-state index in [2.05, 4.69) is 5.38 Å². The van der Waals surface area contributed by atoms with Crippen molar-refractivity contribution in [3.05, 3.63) is 56.0 Å². The van der Waals surface area contributed by atoms with Crippen LogP contribution in [0.5, 0.6) is 0 Å². The Balaban J connectivity index is 1.70. The van der Waals surface area contributed by atoms with Crippen molar-refractivity contribution in [3.63, 3.8) is 0 Å². The molecule has 5 heteroatoms. The maximum atomic E-state index is 10.8. The van der Waals surface area contributed by atoms with Crippen LogP contribution in [0.25, 0.3) is 12.2 Å². The van der Waals surface area contributed by atoms with E-state index >= 15 is 0 Å². The van der Waals surface area contributed by atoms with E-state index in [0.717, 1.165) is 10.6 Å². The lowest BCUT2D eigenvalue weighted by molar-refractivity contribution is -0.384. The van der Waals surface area contributed by atoms with Crippen LogP contribution in [0, 0.1) is 10.1 Å². The average Bonchev–Trinajstić information content (AvgIpc) is 2.87. The van der Waals surface area contributed by atoms with Gasteiger partial charge >= 0.3 is 0 Å². The topological polar surface area (TPSA) is 56.0 Å². The second-order valence-corrected chi connectivity index (χ2v) is 6.87. The molecule has 1 heterocycles. The molecule has 1 aliphatic rings. The average molecular weight is 328 g/mol. The van der Waals surface area contributed by atoms with Gasteiger partial charge in [-0.05, 0) is 24.5 Å². The fourth-order valence-corrected chi connectivity index (χ4v) is 3.84. The first-order chi connectivity index (χ1) is 11.2. The minimum atomic E-state index is -0.370. The van der Waals surface area contributed by atoms with Gasteiger partial charge in [-0.25, -0.2) is 4.98 Å². The molecule has 0 amide bonds. The second kappa shape index (κ2) is 7.51. The molecule has 0 spiro atoms. The number of aromatic nitrogens is 1. The molecule has 1 fully saturated rings. The molecule has 2 aromatic rings. The Hall–Kier alpha value is -2.01. The molecule has 1 saturated carbocycles. The highest BCUT2D eigenvalue weighted by molar-refractivity contribution is 7.10. The number of thiazole rings is 1. The zero-order valence-corrected chi connectivity index (χ0v) is 13.8. The third kappa shape index (κ3) is 4.26.